The normalized spacial score (nSPS) is 13.9. The van der Waals surface area contributed by atoms with Crippen LogP contribution >= 0.6 is 0 Å². The summed E-state index contributed by atoms with van der Waals surface area (Å²) in [6.07, 6.45) is 3.61. The molecule has 2 heterocycles. The summed E-state index contributed by atoms with van der Waals surface area (Å²) in [5, 5.41) is 0. The number of anilines is 2. The number of nitrogens with two attached hydrogens (primary N) is 1. The standard InChI is InChI=1S/C16H18N2O3/c1-20-16(19)13-6-8-21-15(13)10-18-7-2-3-11-9-12(17)4-5-14(11)18/h4-6,8-9H,2-3,7,10,17H2,1H3. The molecule has 2 N–H and O–H groups in total. The fraction of sp³-hybridized carbons (Fsp3) is 0.312. The molecule has 5 heteroatoms. The Labute approximate surface area is 123 Å². The van der Waals surface area contributed by atoms with Crippen LogP contribution in [-0.4, -0.2) is 19.6 Å². The van der Waals surface area contributed by atoms with Crippen molar-refractivity contribution < 1.29 is 13.9 Å². The molecule has 0 fully saturated rings. The highest BCUT2D eigenvalue weighted by molar-refractivity contribution is 5.90. The van der Waals surface area contributed by atoms with Crippen molar-refractivity contribution >= 4 is 17.3 Å². The summed E-state index contributed by atoms with van der Waals surface area (Å²) in [4.78, 5) is 13.9. The van der Waals surface area contributed by atoms with E-state index in [1.54, 1.807) is 6.07 Å². The molecule has 2 aromatic rings. The summed E-state index contributed by atoms with van der Waals surface area (Å²) in [7, 11) is 1.37. The average molecular weight is 286 g/mol. The van der Waals surface area contributed by atoms with Gasteiger partial charge in [0.25, 0.3) is 0 Å². The van der Waals surface area contributed by atoms with Gasteiger partial charge < -0.3 is 19.8 Å². The number of furan rings is 1. The number of methoxy groups -OCH3 is 1. The van der Waals surface area contributed by atoms with Gasteiger partial charge in [0.1, 0.15) is 11.3 Å². The molecule has 0 atom stereocenters. The monoisotopic (exact) mass is 286 g/mol. The van der Waals surface area contributed by atoms with Crippen molar-refractivity contribution in [2.75, 3.05) is 24.3 Å². The number of hydrogen-bond acceptors (Lipinski definition) is 5. The number of ether oxygens (including phenoxy) is 1. The predicted octanol–water partition coefficient (Wildman–Crippen LogP) is 2.60. The smallest absolute Gasteiger partial charge is 0.341 e. The molecule has 0 aliphatic carbocycles. The summed E-state index contributed by atoms with van der Waals surface area (Å²) in [6, 6.07) is 7.60. The van der Waals surface area contributed by atoms with Gasteiger partial charge in [0.05, 0.1) is 19.9 Å². The number of hydrogen-bond donors (Lipinski definition) is 1. The van der Waals surface area contributed by atoms with Gasteiger partial charge in [-0.25, -0.2) is 4.79 Å². The molecule has 110 valence electrons. The van der Waals surface area contributed by atoms with Crippen LogP contribution in [0.25, 0.3) is 0 Å². The van der Waals surface area contributed by atoms with E-state index in [9.17, 15) is 4.79 Å². The highest BCUT2D eigenvalue weighted by Gasteiger charge is 2.22. The van der Waals surface area contributed by atoms with Crippen LogP contribution in [0.15, 0.2) is 34.9 Å². The Balaban J connectivity index is 1.87. The lowest BCUT2D eigenvalue weighted by atomic mass is 10.0. The highest BCUT2D eigenvalue weighted by atomic mass is 16.5. The third-order valence-corrected chi connectivity index (χ3v) is 3.80. The molecule has 0 spiro atoms. The Morgan fingerprint density at radius 2 is 2.29 bits per heavy atom. The van der Waals surface area contributed by atoms with E-state index in [2.05, 4.69) is 4.90 Å². The van der Waals surface area contributed by atoms with Gasteiger partial charge in [-0.15, -0.1) is 0 Å². The lowest BCUT2D eigenvalue weighted by Crippen LogP contribution is -2.29. The molecule has 21 heavy (non-hydrogen) atoms. The summed E-state index contributed by atoms with van der Waals surface area (Å²) in [6.45, 7) is 1.48. The Bertz CT molecular complexity index is 663. The minimum atomic E-state index is -0.367. The summed E-state index contributed by atoms with van der Waals surface area (Å²) in [5.74, 6) is 0.264. The van der Waals surface area contributed by atoms with Crippen molar-refractivity contribution in [3.8, 4) is 0 Å². The zero-order valence-corrected chi connectivity index (χ0v) is 12.0. The number of fused-ring (bicyclic) bond motifs is 1. The second-order valence-electron chi connectivity index (χ2n) is 5.16. The second kappa shape index (κ2) is 5.52. The molecule has 1 aromatic heterocycles. The summed E-state index contributed by atoms with van der Waals surface area (Å²) in [5.41, 5.74) is 9.51. The van der Waals surface area contributed by atoms with Crippen molar-refractivity contribution in [3.63, 3.8) is 0 Å². The minimum absolute atomic E-state index is 0.367. The topological polar surface area (TPSA) is 68.7 Å². The van der Waals surface area contributed by atoms with E-state index >= 15 is 0 Å². The van der Waals surface area contributed by atoms with Crippen molar-refractivity contribution in [3.05, 3.63) is 47.4 Å². The van der Waals surface area contributed by atoms with Gasteiger partial charge in [0, 0.05) is 17.9 Å². The quantitative estimate of drug-likeness (QED) is 0.694. The first kappa shape index (κ1) is 13.5. The minimum Gasteiger partial charge on any atom is -0.467 e. The molecule has 0 bridgehead atoms. The van der Waals surface area contributed by atoms with Crippen LogP contribution in [0.4, 0.5) is 11.4 Å². The summed E-state index contributed by atoms with van der Waals surface area (Å²) >= 11 is 0. The Morgan fingerprint density at radius 1 is 1.43 bits per heavy atom. The number of carbonyl (C=O) groups is 1. The Hall–Kier alpha value is -2.43. The number of rotatable bonds is 3. The molecule has 0 unspecified atom stereocenters. The van der Waals surface area contributed by atoms with Crippen molar-refractivity contribution in [1.82, 2.24) is 0 Å². The van der Waals surface area contributed by atoms with Gasteiger partial charge in [-0.1, -0.05) is 0 Å². The van der Waals surface area contributed by atoms with Gasteiger partial charge in [-0.05, 0) is 42.7 Å². The Morgan fingerprint density at radius 3 is 3.10 bits per heavy atom. The number of benzene rings is 1. The number of nitrogens with zero attached hydrogens (tertiary/aromatic N) is 1. The van der Waals surface area contributed by atoms with E-state index in [-0.39, 0.29) is 5.97 Å². The molecule has 1 aliphatic rings. The lowest BCUT2D eigenvalue weighted by molar-refractivity contribution is 0.0598. The van der Waals surface area contributed by atoms with Gasteiger partial charge in [0.15, 0.2) is 0 Å². The molecule has 0 saturated heterocycles. The Kier molecular flexibility index (Phi) is 3.56. The maximum atomic E-state index is 11.7. The zero-order chi connectivity index (χ0) is 14.8. The van der Waals surface area contributed by atoms with Crippen LogP contribution in [0, 0.1) is 0 Å². The largest absolute Gasteiger partial charge is 0.467 e. The molecule has 0 saturated carbocycles. The first-order valence-electron chi connectivity index (χ1n) is 6.97. The van der Waals surface area contributed by atoms with E-state index in [0.717, 1.165) is 30.8 Å². The molecule has 5 nitrogen and oxygen atoms in total. The van der Waals surface area contributed by atoms with Crippen molar-refractivity contribution in [2.24, 2.45) is 0 Å². The van der Waals surface area contributed by atoms with Crippen LogP contribution in [0.1, 0.15) is 28.1 Å². The molecule has 1 aliphatic heterocycles. The van der Waals surface area contributed by atoms with Gasteiger partial charge in [-0.2, -0.15) is 0 Å². The van der Waals surface area contributed by atoms with E-state index in [1.807, 2.05) is 18.2 Å². The maximum Gasteiger partial charge on any atom is 0.341 e. The van der Waals surface area contributed by atoms with Crippen LogP contribution in [0.3, 0.4) is 0 Å². The first-order valence-corrected chi connectivity index (χ1v) is 6.97. The van der Waals surface area contributed by atoms with E-state index in [1.165, 1.54) is 18.9 Å². The summed E-state index contributed by atoms with van der Waals surface area (Å²) < 4.78 is 10.2. The molecule has 3 rings (SSSR count). The van der Waals surface area contributed by atoms with Crippen LogP contribution < -0.4 is 10.6 Å². The van der Waals surface area contributed by atoms with Crippen LogP contribution in [0.5, 0.6) is 0 Å². The number of esters is 1. The molecular weight excluding hydrogens is 268 g/mol. The predicted molar refractivity (Wildman–Crippen MR) is 80.3 cm³/mol. The van der Waals surface area contributed by atoms with Crippen molar-refractivity contribution in [1.29, 1.82) is 0 Å². The third kappa shape index (κ3) is 2.59. The molecule has 0 radical (unpaired) electrons. The molecular formula is C16H18N2O3. The number of carbonyl (C=O) groups excluding carboxylic acids is 1. The molecule has 0 amide bonds. The lowest BCUT2D eigenvalue weighted by Gasteiger charge is -2.31. The van der Waals surface area contributed by atoms with Gasteiger partial charge in [0.2, 0.25) is 0 Å². The SMILES string of the molecule is COC(=O)c1ccoc1CN1CCCc2cc(N)ccc21. The highest BCUT2D eigenvalue weighted by Crippen LogP contribution is 2.30. The molecule has 1 aromatic carbocycles. The zero-order valence-electron chi connectivity index (χ0n) is 12.0. The van der Waals surface area contributed by atoms with E-state index in [0.29, 0.717) is 17.9 Å². The first-order chi connectivity index (χ1) is 10.2. The number of nitrogen functional groups attached to an aromatic ring is 1. The second-order valence-corrected chi connectivity index (χ2v) is 5.16. The maximum absolute atomic E-state index is 11.7. The van der Waals surface area contributed by atoms with E-state index < -0.39 is 0 Å². The van der Waals surface area contributed by atoms with Gasteiger partial charge >= 0.3 is 5.97 Å². The van der Waals surface area contributed by atoms with Crippen LogP contribution in [-0.2, 0) is 17.7 Å². The van der Waals surface area contributed by atoms with E-state index in [4.69, 9.17) is 14.9 Å². The third-order valence-electron chi connectivity index (χ3n) is 3.80. The fourth-order valence-corrected chi connectivity index (χ4v) is 2.79. The average Bonchev–Trinajstić information content (AvgIpc) is 2.94. The van der Waals surface area contributed by atoms with Gasteiger partial charge in [-0.3, -0.25) is 0 Å². The van der Waals surface area contributed by atoms with Crippen molar-refractivity contribution in [2.45, 2.75) is 19.4 Å². The number of aryl methyl sites for hydroxylation is 1. The van der Waals surface area contributed by atoms with Crippen LogP contribution in [0.2, 0.25) is 0 Å². The fourth-order valence-electron chi connectivity index (χ4n) is 2.79.